The summed E-state index contributed by atoms with van der Waals surface area (Å²) >= 11 is 0. The molecule has 0 spiro atoms. The fraction of sp³-hybridized carbons (Fsp3) is 1.00. The molecule has 60 valence electrons. The Morgan fingerprint density at radius 1 is 1.30 bits per heavy atom. The maximum atomic E-state index is 3.40. The van der Waals surface area contributed by atoms with E-state index in [-0.39, 0.29) is 0 Å². The predicted octanol–water partition coefficient (Wildman–Crippen LogP) is 2.03. The summed E-state index contributed by atoms with van der Waals surface area (Å²) in [5, 5.41) is 3.40. The zero-order valence-corrected chi connectivity index (χ0v) is 7.57. The standard InChI is InChI=1S/C9H19N/c1-9(2,3)8(10-4)7-5-6-7/h7-8,10H,5-6H2,1-4H3/t8-/m0/s1. The molecule has 1 nitrogen and oxygen atoms in total. The summed E-state index contributed by atoms with van der Waals surface area (Å²) in [4.78, 5) is 0. The third-order valence-electron chi connectivity index (χ3n) is 2.34. The van der Waals surface area contributed by atoms with Crippen LogP contribution in [-0.2, 0) is 0 Å². The lowest BCUT2D eigenvalue weighted by molar-refractivity contribution is 0.254. The van der Waals surface area contributed by atoms with Crippen molar-refractivity contribution < 1.29 is 0 Å². The fourth-order valence-electron chi connectivity index (χ4n) is 1.81. The molecule has 0 bridgehead atoms. The Labute approximate surface area is 64.2 Å². The molecule has 0 unspecified atom stereocenters. The molecule has 0 saturated heterocycles. The van der Waals surface area contributed by atoms with Crippen molar-refractivity contribution >= 4 is 0 Å². The van der Waals surface area contributed by atoms with E-state index in [9.17, 15) is 0 Å². The lowest BCUT2D eigenvalue weighted by Crippen LogP contribution is -2.39. The van der Waals surface area contributed by atoms with Gasteiger partial charge in [-0.1, -0.05) is 20.8 Å². The molecule has 1 fully saturated rings. The molecule has 1 rings (SSSR count). The molecule has 1 N–H and O–H groups in total. The van der Waals surface area contributed by atoms with E-state index in [1.54, 1.807) is 0 Å². The van der Waals surface area contributed by atoms with Gasteiger partial charge in [0.15, 0.2) is 0 Å². The monoisotopic (exact) mass is 141 g/mol. The van der Waals surface area contributed by atoms with E-state index in [0.717, 1.165) is 12.0 Å². The SMILES string of the molecule is CN[C@@H](C1CC1)C(C)(C)C. The molecule has 1 aliphatic carbocycles. The van der Waals surface area contributed by atoms with Crippen LogP contribution in [0.4, 0.5) is 0 Å². The highest BCUT2D eigenvalue weighted by Gasteiger charge is 2.37. The summed E-state index contributed by atoms with van der Waals surface area (Å²) in [6, 6.07) is 0.729. The molecule has 0 aromatic rings. The van der Waals surface area contributed by atoms with E-state index in [1.165, 1.54) is 12.8 Å². The summed E-state index contributed by atoms with van der Waals surface area (Å²) in [6.45, 7) is 6.94. The van der Waals surface area contributed by atoms with Gasteiger partial charge in [-0.25, -0.2) is 0 Å². The van der Waals surface area contributed by atoms with E-state index in [4.69, 9.17) is 0 Å². The van der Waals surface area contributed by atoms with Crippen LogP contribution in [0.15, 0.2) is 0 Å². The van der Waals surface area contributed by atoms with Crippen LogP contribution in [0.25, 0.3) is 0 Å². The predicted molar refractivity (Wildman–Crippen MR) is 45.0 cm³/mol. The Balaban J connectivity index is 2.46. The van der Waals surface area contributed by atoms with Gasteiger partial charge in [-0.05, 0) is 31.2 Å². The Hall–Kier alpha value is -0.0400. The molecule has 1 heteroatoms. The molecule has 0 aromatic heterocycles. The average Bonchev–Trinajstić information content (AvgIpc) is 2.46. The van der Waals surface area contributed by atoms with E-state index in [2.05, 4.69) is 33.1 Å². The van der Waals surface area contributed by atoms with E-state index in [0.29, 0.717) is 5.41 Å². The molecule has 1 atom stereocenters. The van der Waals surface area contributed by atoms with E-state index in [1.807, 2.05) is 0 Å². The van der Waals surface area contributed by atoms with Gasteiger partial charge in [0.1, 0.15) is 0 Å². The van der Waals surface area contributed by atoms with Crippen LogP contribution < -0.4 is 5.32 Å². The lowest BCUT2D eigenvalue weighted by Gasteiger charge is -2.30. The molecule has 0 amide bonds. The number of hydrogen-bond acceptors (Lipinski definition) is 1. The summed E-state index contributed by atoms with van der Waals surface area (Å²) in [5.74, 6) is 0.963. The summed E-state index contributed by atoms with van der Waals surface area (Å²) < 4.78 is 0. The summed E-state index contributed by atoms with van der Waals surface area (Å²) in [7, 11) is 2.08. The van der Waals surface area contributed by atoms with Gasteiger partial charge < -0.3 is 5.32 Å². The van der Waals surface area contributed by atoms with Crippen molar-refractivity contribution in [3.63, 3.8) is 0 Å². The molecular weight excluding hydrogens is 122 g/mol. The van der Waals surface area contributed by atoms with Crippen LogP contribution in [-0.4, -0.2) is 13.1 Å². The van der Waals surface area contributed by atoms with Gasteiger partial charge in [0.05, 0.1) is 0 Å². The fourth-order valence-corrected chi connectivity index (χ4v) is 1.81. The van der Waals surface area contributed by atoms with Gasteiger partial charge in [-0.2, -0.15) is 0 Å². The highest BCUT2D eigenvalue weighted by atomic mass is 14.9. The van der Waals surface area contributed by atoms with Crippen molar-refractivity contribution in [3.05, 3.63) is 0 Å². The van der Waals surface area contributed by atoms with Gasteiger partial charge >= 0.3 is 0 Å². The molecule has 0 aliphatic heterocycles. The van der Waals surface area contributed by atoms with Crippen LogP contribution >= 0.6 is 0 Å². The summed E-state index contributed by atoms with van der Waals surface area (Å²) in [5.41, 5.74) is 0.440. The first-order chi connectivity index (χ1) is 4.55. The van der Waals surface area contributed by atoms with Crippen molar-refractivity contribution in [1.82, 2.24) is 5.32 Å². The van der Waals surface area contributed by atoms with Crippen molar-refractivity contribution in [2.45, 2.75) is 39.7 Å². The van der Waals surface area contributed by atoms with Crippen molar-refractivity contribution in [3.8, 4) is 0 Å². The second-order valence-electron chi connectivity index (χ2n) is 4.47. The smallest absolute Gasteiger partial charge is 0.0141 e. The van der Waals surface area contributed by atoms with Crippen LogP contribution in [0, 0.1) is 11.3 Å². The zero-order chi connectivity index (χ0) is 7.78. The molecular formula is C9H19N. The minimum Gasteiger partial charge on any atom is -0.316 e. The zero-order valence-electron chi connectivity index (χ0n) is 7.57. The van der Waals surface area contributed by atoms with Gasteiger partial charge in [0, 0.05) is 6.04 Å². The van der Waals surface area contributed by atoms with Crippen LogP contribution in [0.1, 0.15) is 33.6 Å². The first-order valence-corrected chi connectivity index (χ1v) is 4.23. The maximum Gasteiger partial charge on any atom is 0.0141 e. The van der Waals surface area contributed by atoms with Crippen molar-refractivity contribution in [2.75, 3.05) is 7.05 Å². The second-order valence-corrected chi connectivity index (χ2v) is 4.47. The number of hydrogen-bond donors (Lipinski definition) is 1. The topological polar surface area (TPSA) is 12.0 Å². The normalized spacial score (nSPS) is 22.8. The van der Waals surface area contributed by atoms with Crippen LogP contribution in [0.3, 0.4) is 0 Å². The molecule has 0 heterocycles. The van der Waals surface area contributed by atoms with Gasteiger partial charge in [0.2, 0.25) is 0 Å². The van der Waals surface area contributed by atoms with E-state index >= 15 is 0 Å². The van der Waals surface area contributed by atoms with E-state index < -0.39 is 0 Å². The maximum absolute atomic E-state index is 3.40. The highest BCUT2D eigenvalue weighted by Crippen LogP contribution is 2.39. The number of rotatable bonds is 2. The van der Waals surface area contributed by atoms with Gasteiger partial charge in [-0.3, -0.25) is 0 Å². The molecule has 1 saturated carbocycles. The van der Waals surface area contributed by atoms with Crippen molar-refractivity contribution in [2.24, 2.45) is 11.3 Å². The van der Waals surface area contributed by atoms with Crippen molar-refractivity contribution in [1.29, 1.82) is 0 Å². The van der Waals surface area contributed by atoms with Gasteiger partial charge in [-0.15, -0.1) is 0 Å². The van der Waals surface area contributed by atoms with Crippen LogP contribution in [0.5, 0.6) is 0 Å². The Kier molecular flexibility index (Phi) is 2.04. The van der Waals surface area contributed by atoms with Gasteiger partial charge in [0.25, 0.3) is 0 Å². The Bertz CT molecular complexity index is 108. The largest absolute Gasteiger partial charge is 0.316 e. The summed E-state index contributed by atoms with van der Waals surface area (Å²) in [6.07, 6.45) is 2.87. The lowest BCUT2D eigenvalue weighted by atomic mass is 9.84. The average molecular weight is 141 g/mol. The number of nitrogens with one attached hydrogen (secondary N) is 1. The quantitative estimate of drug-likeness (QED) is 0.620. The molecule has 10 heavy (non-hydrogen) atoms. The minimum absolute atomic E-state index is 0.440. The minimum atomic E-state index is 0.440. The Morgan fingerprint density at radius 2 is 1.80 bits per heavy atom. The van der Waals surface area contributed by atoms with Crippen LogP contribution in [0.2, 0.25) is 0 Å². The molecule has 1 aliphatic rings. The molecule has 0 aromatic carbocycles. The third-order valence-corrected chi connectivity index (χ3v) is 2.34. The first-order valence-electron chi connectivity index (χ1n) is 4.23. The third kappa shape index (κ3) is 1.72. The second kappa shape index (κ2) is 2.54. The highest BCUT2D eigenvalue weighted by molar-refractivity contribution is 4.92. The molecule has 0 radical (unpaired) electrons. The first kappa shape index (κ1) is 8.06. The Morgan fingerprint density at radius 3 is 1.90 bits per heavy atom.